The van der Waals surface area contributed by atoms with Crippen molar-refractivity contribution in [3.63, 3.8) is 0 Å². The van der Waals surface area contributed by atoms with Gasteiger partial charge in [0.25, 0.3) is 0 Å². The van der Waals surface area contributed by atoms with Crippen molar-refractivity contribution in [1.82, 2.24) is 10.3 Å². The van der Waals surface area contributed by atoms with Crippen LogP contribution in [0.2, 0.25) is 5.02 Å². The summed E-state index contributed by atoms with van der Waals surface area (Å²) < 4.78 is 0. The molecule has 0 saturated carbocycles. The Kier molecular flexibility index (Phi) is 3.36. The molecule has 0 fully saturated rings. The molecule has 0 aliphatic rings. The zero-order valence-electron chi connectivity index (χ0n) is 9.33. The summed E-state index contributed by atoms with van der Waals surface area (Å²) in [6.07, 6.45) is 0. The second-order valence-corrected chi connectivity index (χ2v) is 4.28. The summed E-state index contributed by atoms with van der Waals surface area (Å²) >= 11 is 6.20. The van der Waals surface area contributed by atoms with Gasteiger partial charge < -0.3 is 10.1 Å². The van der Waals surface area contributed by atoms with Crippen LogP contribution in [0.4, 0.5) is 0 Å². The number of nitrogens with one attached hydrogen (secondary N) is 2. The second kappa shape index (κ2) is 4.77. The average molecular weight is 253 g/mol. The van der Waals surface area contributed by atoms with Gasteiger partial charge in [-0.2, -0.15) is 0 Å². The maximum atomic E-state index is 10.7. The van der Waals surface area contributed by atoms with Crippen molar-refractivity contribution in [3.05, 3.63) is 35.0 Å². The van der Waals surface area contributed by atoms with Crippen molar-refractivity contribution in [2.75, 3.05) is 0 Å². The van der Waals surface area contributed by atoms with E-state index in [2.05, 4.69) is 10.3 Å². The van der Waals surface area contributed by atoms with Crippen LogP contribution in [0.1, 0.15) is 12.6 Å². The van der Waals surface area contributed by atoms with Crippen LogP contribution in [0.15, 0.2) is 24.3 Å². The molecule has 0 aliphatic carbocycles. The first-order chi connectivity index (χ1) is 8.09. The first kappa shape index (κ1) is 12.0. The standard InChI is InChI=1S/C12H13ClN2O2/c1-7(12(16)17)14-6-10-11(13)8-4-2-3-5-9(8)15-10/h2-5,7,14-15H,6H2,1H3,(H,16,17). The van der Waals surface area contributed by atoms with Gasteiger partial charge in [-0.15, -0.1) is 0 Å². The van der Waals surface area contributed by atoms with Gasteiger partial charge in [-0.3, -0.25) is 10.1 Å². The van der Waals surface area contributed by atoms with Crippen LogP contribution in [0, 0.1) is 0 Å². The van der Waals surface area contributed by atoms with Gasteiger partial charge in [0.05, 0.1) is 5.02 Å². The summed E-state index contributed by atoms with van der Waals surface area (Å²) in [5.41, 5.74) is 1.76. The van der Waals surface area contributed by atoms with Crippen molar-refractivity contribution < 1.29 is 9.90 Å². The Bertz CT molecular complexity index is 550. The number of aromatic amines is 1. The highest BCUT2D eigenvalue weighted by Crippen LogP contribution is 2.26. The van der Waals surface area contributed by atoms with E-state index in [9.17, 15) is 4.79 Å². The lowest BCUT2D eigenvalue weighted by Gasteiger charge is -2.07. The van der Waals surface area contributed by atoms with E-state index in [1.807, 2.05) is 24.3 Å². The Balaban J connectivity index is 2.19. The van der Waals surface area contributed by atoms with Crippen LogP contribution in [0.25, 0.3) is 10.9 Å². The number of halogens is 1. The molecule has 1 aromatic carbocycles. The normalized spacial score (nSPS) is 12.8. The highest BCUT2D eigenvalue weighted by molar-refractivity contribution is 6.36. The largest absolute Gasteiger partial charge is 0.480 e. The van der Waals surface area contributed by atoms with Gasteiger partial charge in [-0.25, -0.2) is 0 Å². The first-order valence-corrected chi connectivity index (χ1v) is 5.68. The fourth-order valence-corrected chi connectivity index (χ4v) is 1.91. The minimum atomic E-state index is -0.878. The lowest BCUT2D eigenvalue weighted by molar-refractivity contribution is -0.139. The molecule has 0 amide bonds. The molecule has 0 bridgehead atoms. The molecule has 0 radical (unpaired) electrons. The molecule has 0 aliphatic heterocycles. The second-order valence-electron chi connectivity index (χ2n) is 3.90. The van der Waals surface area contributed by atoms with Crippen LogP contribution < -0.4 is 5.32 Å². The van der Waals surface area contributed by atoms with Crippen molar-refractivity contribution in [2.45, 2.75) is 19.5 Å². The summed E-state index contributed by atoms with van der Waals surface area (Å²) in [6, 6.07) is 7.10. The molecule has 3 N–H and O–H groups in total. The molecule has 5 heteroatoms. The van der Waals surface area contributed by atoms with Gasteiger partial charge in [-0.1, -0.05) is 29.8 Å². The number of carboxylic acid groups (broad SMARTS) is 1. The van der Waals surface area contributed by atoms with E-state index in [0.717, 1.165) is 16.6 Å². The lowest BCUT2D eigenvalue weighted by atomic mass is 10.2. The molecule has 1 unspecified atom stereocenters. The molecule has 1 aromatic heterocycles. The molecule has 0 spiro atoms. The maximum Gasteiger partial charge on any atom is 0.320 e. The third-order valence-electron chi connectivity index (χ3n) is 2.67. The highest BCUT2D eigenvalue weighted by atomic mass is 35.5. The Labute approximate surface area is 104 Å². The van der Waals surface area contributed by atoms with E-state index in [1.165, 1.54) is 0 Å². The Hall–Kier alpha value is -1.52. The SMILES string of the molecule is CC(NCc1[nH]c2ccccc2c1Cl)C(=O)O. The average Bonchev–Trinajstić information content (AvgIpc) is 2.64. The summed E-state index contributed by atoms with van der Waals surface area (Å²) in [5.74, 6) is -0.878. The molecule has 4 nitrogen and oxygen atoms in total. The molecule has 1 atom stereocenters. The van der Waals surface area contributed by atoms with Gasteiger partial charge in [0, 0.05) is 23.1 Å². The molecular formula is C12H13ClN2O2. The number of hydrogen-bond donors (Lipinski definition) is 3. The quantitative estimate of drug-likeness (QED) is 0.783. The molecule has 2 aromatic rings. The number of aromatic nitrogens is 1. The predicted molar refractivity (Wildman–Crippen MR) is 67.2 cm³/mol. The minimum Gasteiger partial charge on any atom is -0.480 e. The van der Waals surface area contributed by atoms with Gasteiger partial charge in [0.15, 0.2) is 0 Å². The molecule has 0 saturated heterocycles. The zero-order chi connectivity index (χ0) is 12.4. The molecular weight excluding hydrogens is 240 g/mol. The van der Waals surface area contributed by atoms with Gasteiger partial charge in [0.2, 0.25) is 0 Å². The fraction of sp³-hybridized carbons (Fsp3) is 0.250. The number of hydrogen-bond acceptors (Lipinski definition) is 2. The number of aliphatic carboxylic acids is 1. The Morgan fingerprint density at radius 2 is 2.24 bits per heavy atom. The maximum absolute atomic E-state index is 10.7. The summed E-state index contributed by atoms with van der Waals surface area (Å²) in [4.78, 5) is 13.8. The number of fused-ring (bicyclic) bond motifs is 1. The van der Waals surface area contributed by atoms with E-state index in [-0.39, 0.29) is 0 Å². The summed E-state index contributed by atoms with van der Waals surface area (Å²) in [5, 5.41) is 13.2. The number of carboxylic acids is 1. The minimum absolute atomic E-state index is 0.404. The third kappa shape index (κ3) is 2.43. The molecule has 2 rings (SSSR count). The number of benzene rings is 1. The summed E-state index contributed by atoms with van der Waals surface area (Å²) in [7, 11) is 0. The molecule has 17 heavy (non-hydrogen) atoms. The zero-order valence-corrected chi connectivity index (χ0v) is 10.1. The van der Waals surface area contributed by atoms with Gasteiger partial charge >= 0.3 is 5.97 Å². The van der Waals surface area contributed by atoms with E-state index >= 15 is 0 Å². The molecule has 1 heterocycles. The smallest absolute Gasteiger partial charge is 0.320 e. The third-order valence-corrected chi connectivity index (χ3v) is 3.10. The number of H-pyrrole nitrogens is 1. The van der Waals surface area contributed by atoms with Crippen LogP contribution in [0.5, 0.6) is 0 Å². The van der Waals surface area contributed by atoms with Gasteiger partial charge in [0.1, 0.15) is 6.04 Å². The number of para-hydroxylation sites is 1. The summed E-state index contributed by atoms with van der Waals surface area (Å²) in [6.45, 7) is 2.00. The van der Waals surface area contributed by atoms with Crippen molar-refractivity contribution in [2.24, 2.45) is 0 Å². The number of rotatable bonds is 4. The van der Waals surface area contributed by atoms with Crippen LogP contribution >= 0.6 is 11.6 Å². The number of carbonyl (C=O) groups is 1. The lowest BCUT2D eigenvalue weighted by Crippen LogP contribution is -2.33. The van der Waals surface area contributed by atoms with Crippen LogP contribution in [-0.4, -0.2) is 22.1 Å². The highest BCUT2D eigenvalue weighted by Gasteiger charge is 2.13. The van der Waals surface area contributed by atoms with Gasteiger partial charge in [-0.05, 0) is 13.0 Å². The van der Waals surface area contributed by atoms with Crippen LogP contribution in [-0.2, 0) is 11.3 Å². The fourth-order valence-electron chi connectivity index (χ4n) is 1.63. The van der Waals surface area contributed by atoms with Crippen LogP contribution in [0.3, 0.4) is 0 Å². The predicted octanol–water partition coefficient (Wildman–Crippen LogP) is 2.38. The molecule has 90 valence electrons. The van der Waals surface area contributed by atoms with E-state index in [0.29, 0.717) is 11.6 Å². The van der Waals surface area contributed by atoms with E-state index < -0.39 is 12.0 Å². The van der Waals surface area contributed by atoms with Crippen molar-refractivity contribution in [1.29, 1.82) is 0 Å². The van der Waals surface area contributed by atoms with E-state index in [4.69, 9.17) is 16.7 Å². The first-order valence-electron chi connectivity index (χ1n) is 5.31. The van der Waals surface area contributed by atoms with Crippen molar-refractivity contribution >= 4 is 28.5 Å². The van der Waals surface area contributed by atoms with Crippen molar-refractivity contribution in [3.8, 4) is 0 Å². The Morgan fingerprint density at radius 3 is 2.88 bits per heavy atom. The topological polar surface area (TPSA) is 65.1 Å². The Morgan fingerprint density at radius 1 is 1.53 bits per heavy atom. The monoisotopic (exact) mass is 252 g/mol. The van der Waals surface area contributed by atoms with E-state index in [1.54, 1.807) is 6.92 Å².